The van der Waals surface area contributed by atoms with Crippen LogP contribution in [-0.4, -0.2) is 25.7 Å². The normalized spacial score (nSPS) is 11.2. The maximum Gasteiger partial charge on any atom is 0.345 e. The fraction of sp³-hybridized carbons (Fsp3) is 0.154. The number of benzene rings is 1. The van der Waals surface area contributed by atoms with E-state index in [0.717, 1.165) is 22.5 Å². The summed E-state index contributed by atoms with van der Waals surface area (Å²) in [7, 11) is -3.27. The number of sulfone groups is 1. The number of rotatable bonds is 5. The van der Waals surface area contributed by atoms with Gasteiger partial charge in [0.25, 0.3) is 0 Å². The molecule has 1 N–H and O–H groups in total. The van der Waals surface area contributed by atoms with Crippen LogP contribution < -0.4 is 4.74 Å². The zero-order valence-electron chi connectivity index (χ0n) is 10.6. The van der Waals surface area contributed by atoms with Crippen molar-refractivity contribution >= 4 is 27.1 Å². The van der Waals surface area contributed by atoms with Crippen LogP contribution in [0.2, 0.25) is 0 Å². The largest absolute Gasteiger partial charge is 0.488 e. The zero-order chi connectivity index (χ0) is 14.8. The maximum atomic E-state index is 11.4. The smallest absolute Gasteiger partial charge is 0.345 e. The van der Waals surface area contributed by atoms with Gasteiger partial charge in [0.2, 0.25) is 0 Å². The summed E-state index contributed by atoms with van der Waals surface area (Å²) in [5.74, 6) is -0.543. The van der Waals surface area contributed by atoms with E-state index in [0.29, 0.717) is 5.75 Å². The number of carboxylic acids is 1. The number of carbonyl (C=O) groups is 1. The number of aromatic carboxylic acids is 1. The van der Waals surface area contributed by atoms with E-state index in [2.05, 4.69) is 0 Å². The van der Waals surface area contributed by atoms with Crippen molar-refractivity contribution in [3.05, 3.63) is 46.2 Å². The summed E-state index contributed by atoms with van der Waals surface area (Å²) in [6.45, 7) is 0.200. The van der Waals surface area contributed by atoms with Crippen molar-refractivity contribution in [1.29, 1.82) is 0 Å². The van der Waals surface area contributed by atoms with Crippen molar-refractivity contribution in [2.45, 2.75) is 11.5 Å². The second-order valence-corrected chi connectivity index (χ2v) is 7.29. The summed E-state index contributed by atoms with van der Waals surface area (Å²) in [5.41, 5.74) is 0. The fourth-order valence-corrected chi connectivity index (χ4v) is 2.94. The Bertz CT molecular complexity index is 731. The highest BCUT2D eigenvalue weighted by Crippen LogP contribution is 2.21. The van der Waals surface area contributed by atoms with Crippen molar-refractivity contribution in [3.63, 3.8) is 0 Å². The van der Waals surface area contributed by atoms with Gasteiger partial charge in [0.1, 0.15) is 17.2 Å². The van der Waals surface area contributed by atoms with Gasteiger partial charge in [-0.1, -0.05) is 6.07 Å². The van der Waals surface area contributed by atoms with Gasteiger partial charge in [0.05, 0.1) is 4.90 Å². The highest BCUT2D eigenvalue weighted by molar-refractivity contribution is 7.90. The van der Waals surface area contributed by atoms with Gasteiger partial charge in [-0.2, -0.15) is 0 Å². The Kier molecular flexibility index (Phi) is 4.10. The third-order valence-electron chi connectivity index (χ3n) is 2.49. The SMILES string of the molecule is CS(=O)(=O)c1cccc(OCc2ccc(C(=O)O)s2)c1. The standard InChI is InChI=1S/C13H12O5S2/c1-20(16,17)11-4-2-3-9(7-11)18-8-10-5-6-12(19-10)13(14)15/h2-7H,8H2,1H3,(H,14,15). The molecule has 5 nitrogen and oxygen atoms in total. The molecule has 1 heterocycles. The van der Waals surface area contributed by atoms with Crippen LogP contribution in [0, 0.1) is 0 Å². The summed E-state index contributed by atoms with van der Waals surface area (Å²) in [6.07, 6.45) is 1.13. The predicted molar refractivity (Wildman–Crippen MR) is 75.2 cm³/mol. The number of hydrogen-bond donors (Lipinski definition) is 1. The van der Waals surface area contributed by atoms with Crippen LogP contribution in [0.25, 0.3) is 0 Å². The quantitative estimate of drug-likeness (QED) is 0.917. The predicted octanol–water partition coefficient (Wildman–Crippen LogP) is 2.43. The first-order valence-electron chi connectivity index (χ1n) is 5.61. The summed E-state index contributed by atoms with van der Waals surface area (Å²) >= 11 is 1.13. The van der Waals surface area contributed by atoms with Crippen LogP contribution in [0.5, 0.6) is 5.75 Å². The molecule has 1 aromatic carbocycles. The lowest BCUT2D eigenvalue weighted by molar-refractivity contribution is 0.0702. The highest BCUT2D eigenvalue weighted by atomic mass is 32.2. The highest BCUT2D eigenvalue weighted by Gasteiger charge is 2.09. The Balaban J connectivity index is 2.09. The third-order valence-corrected chi connectivity index (χ3v) is 4.64. The van der Waals surface area contributed by atoms with Gasteiger partial charge < -0.3 is 9.84 Å². The van der Waals surface area contributed by atoms with Crippen molar-refractivity contribution in [2.24, 2.45) is 0 Å². The second-order valence-electron chi connectivity index (χ2n) is 4.11. The second kappa shape index (κ2) is 5.64. The molecule has 0 aliphatic carbocycles. The lowest BCUT2D eigenvalue weighted by Gasteiger charge is -2.06. The topological polar surface area (TPSA) is 80.7 Å². The molecule has 0 spiro atoms. The maximum absolute atomic E-state index is 11.4. The Morgan fingerprint density at radius 1 is 1.30 bits per heavy atom. The molecule has 2 aromatic rings. The van der Waals surface area contributed by atoms with Gasteiger partial charge in [-0.25, -0.2) is 13.2 Å². The van der Waals surface area contributed by atoms with Gasteiger partial charge in [0, 0.05) is 11.1 Å². The monoisotopic (exact) mass is 312 g/mol. The molecule has 0 saturated carbocycles. The van der Waals surface area contributed by atoms with Gasteiger partial charge in [0.15, 0.2) is 9.84 Å². The Hall–Kier alpha value is -1.86. The van der Waals surface area contributed by atoms with E-state index in [1.165, 1.54) is 18.2 Å². The molecule has 2 rings (SSSR count). The molecular weight excluding hydrogens is 300 g/mol. The summed E-state index contributed by atoms with van der Waals surface area (Å²) in [4.78, 5) is 11.9. The van der Waals surface area contributed by atoms with E-state index in [1.54, 1.807) is 18.2 Å². The van der Waals surface area contributed by atoms with E-state index in [4.69, 9.17) is 9.84 Å². The molecule has 0 amide bonds. The van der Waals surface area contributed by atoms with E-state index in [9.17, 15) is 13.2 Å². The molecular formula is C13H12O5S2. The van der Waals surface area contributed by atoms with Crippen molar-refractivity contribution in [2.75, 3.05) is 6.26 Å². The third kappa shape index (κ3) is 3.58. The van der Waals surface area contributed by atoms with Crippen molar-refractivity contribution < 1.29 is 23.1 Å². The minimum Gasteiger partial charge on any atom is -0.488 e. The van der Waals surface area contributed by atoms with E-state index in [-0.39, 0.29) is 16.4 Å². The van der Waals surface area contributed by atoms with Crippen LogP contribution in [-0.2, 0) is 16.4 Å². The number of thiophene rings is 1. The molecule has 0 unspecified atom stereocenters. The average molecular weight is 312 g/mol. The van der Waals surface area contributed by atoms with Crippen LogP contribution in [0.1, 0.15) is 14.5 Å². The first kappa shape index (κ1) is 14.5. The number of hydrogen-bond acceptors (Lipinski definition) is 5. The van der Waals surface area contributed by atoms with Gasteiger partial charge in [-0.05, 0) is 30.3 Å². The lowest BCUT2D eigenvalue weighted by atomic mass is 10.3. The first-order chi connectivity index (χ1) is 9.36. The lowest BCUT2D eigenvalue weighted by Crippen LogP contribution is -1.98. The first-order valence-corrected chi connectivity index (χ1v) is 8.32. The molecule has 0 atom stereocenters. The summed E-state index contributed by atoms with van der Waals surface area (Å²) in [6, 6.07) is 9.38. The summed E-state index contributed by atoms with van der Waals surface area (Å²) < 4.78 is 28.3. The average Bonchev–Trinajstić information content (AvgIpc) is 2.85. The minimum absolute atomic E-state index is 0.187. The zero-order valence-corrected chi connectivity index (χ0v) is 12.2. The molecule has 0 fully saturated rings. The summed E-state index contributed by atoms with van der Waals surface area (Å²) in [5, 5.41) is 8.81. The molecule has 0 saturated heterocycles. The van der Waals surface area contributed by atoms with Crippen molar-refractivity contribution in [1.82, 2.24) is 0 Å². The van der Waals surface area contributed by atoms with E-state index < -0.39 is 15.8 Å². The van der Waals surface area contributed by atoms with Crippen LogP contribution in [0.4, 0.5) is 0 Å². The van der Waals surface area contributed by atoms with Crippen LogP contribution in [0.3, 0.4) is 0 Å². The van der Waals surface area contributed by atoms with Gasteiger partial charge >= 0.3 is 5.97 Å². The molecule has 106 valence electrons. The van der Waals surface area contributed by atoms with Crippen molar-refractivity contribution in [3.8, 4) is 5.75 Å². The Morgan fingerprint density at radius 3 is 2.65 bits per heavy atom. The number of carboxylic acid groups (broad SMARTS) is 1. The van der Waals surface area contributed by atoms with Gasteiger partial charge in [-0.3, -0.25) is 0 Å². The molecule has 0 radical (unpaired) electrons. The minimum atomic E-state index is -3.27. The van der Waals surface area contributed by atoms with Crippen LogP contribution >= 0.6 is 11.3 Å². The molecule has 0 aliphatic rings. The fourth-order valence-electron chi connectivity index (χ4n) is 1.52. The molecule has 0 bridgehead atoms. The number of ether oxygens (including phenoxy) is 1. The molecule has 0 aliphatic heterocycles. The van der Waals surface area contributed by atoms with E-state index in [1.807, 2.05) is 0 Å². The molecule has 7 heteroatoms. The Labute approximate surface area is 120 Å². The molecule has 1 aromatic heterocycles. The van der Waals surface area contributed by atoms with Crippen LogP contribution in [0.15, 0.2) is 41.3 Å². The van der Waals surface area contributed by atoms with Gasteiger partial charge in [-0.15, -0.1) is 11.3 Å². The Morgan fingerprint density at radius 2 is 2.05 bits per heavy atom. The van der Waals surface area contributed by atoms with E-state index >= 15 is 0 Å². The molecule has 20 heavy (non-hydrogen) atoms.